The molecule has 0 unspecified atom stereocenters. The number of aliphatic hydroxyl groups excluding tert-OH is 1. The lowest BCUT2D eigenvalue weighted by molar-refractivity contribution is 0.0337. The summed E-state index contributed by atoms with van der Waals surface area (Å²) < 4.78 is 12.4. The molecular weight excluding hydrogens is 480 g/mol. The SMILES string of the molecule is CC(C)(C)OC(=O)N[C@H](Cc1ccccn1)[C@H](O)CO[Si](c1ccccc1)(c1ccccc1)C(C)(C)C. The van der Waals surface area contributed by atoms with Gasteiger partial charge in [-0.15, -0.1) is 0 Å². The van der Waals surface area contributed by atoms with Crippen molar-refractivity contribution in [2.75, 3.05) is 6.61 Å². The van der Waals surface area contributed by atoms with Crippen LogP contribution in [0.5, 0.6) is 0 Å². The molecule has 0 saturated carbocycles. The van der Waals surface area contributed by atoms with Crippen LogP contribution in [-0.2, 0) is 15.6 Å². The Morgan fingerprint density at radius 2 is 1.43 bits per heavy atom. The smallest absolute Gasteiger partial charge is 0.407 e. The highest BCUT2D eigenvalue weighted by molar-refractivity contribution is 6.99. The quantitative estimate of drug-likeness (QED) is 0.408. The van der Waals surface area contributed by atoms with E-state index >= 15 is 0 Å². The molecule has 6 nitrogen and oxygen atoms in total. The lowest BCUT2D eigenvalue weighted by Crippen LogP contribution is -2.67. The molecule has 0 saturated heterocycles. The van der Waals surface area contributed by atoms with Gasteiger partial charge in [0.25, 0.3) is 8.32 Å². The predicted molar refractivity (Wildman–Crippen MR) is 151 cm³/mol. The van der Waals surface area contributed by atoms with Crippen LogP contribution in [0.1, 0.15) is 47.2 Å². The minimum absolute atomic E-state index is 0.0422. The number of aromatic nitrogens is 1. The highest BCUT2D eigenvalue weighted by atomic mass is 28.4. The van der Waals surface area contributed by atoms with Crippen LogP contribution in [0.25, 0.3) is 0 Å². The largest absolute Gasteiger partial charge is 0.444 e. The monoisotopic (exact) mass is 520 g/mol. The molecule has 0 aliphatic rings. The molecule has 0 spiro atoms. The van der Waals surface area contributed by atoms with Crippen molar-refractivity contribution in [3.8, 4) is 0 Å². The van der Waals surface area contributed by atoms with Gasteiger partial charge in [-0.05, 0) is 48.3 Å². The van der Waals surface area contributed by atoms with Crippen molar-refractivity contribution >= 4 is 24.8 Å². The number of pyridine rings is 1. The number of ether oxygens (including phenoxy) is 1. The van der Waals surface area contributed by atoms with Gasteiger partial charge in [0.1, 0.15) is 5.60 Å². The van der Waals surface area contributed by atoms with Crippen molar-refractivity contribution in [2.45, 2.75) is 70.7 Å². The Kier molecular flexibility index (Phi) is 9.29. The maximum atomic E-state index is 12.7. The number of hydrogen-bond acceptors (Lipinski definition) is 5. The fourth-order valence-corrected chi connectivity index (χ4v) is 9.15. The Hall–Kier alpha value is -3.00. The number of alkyl carbamates (subject to hydrolysis) is 1. The van der Waals surface area contributed by atoms with Gasteiger partial charge in [0.15, 0.2) is 0 Å². The fraction of sp³-hybridized carbons (Fsp3) is 0.400. The summed E-state index contributed by atoms with van der Waals surface area (Å²) in [5.41, 5.74) is 0.101. The maximum Gasteiger partial charge on any atom is 0.407 e. The van der Waals surface area contributed by atoms with Crippen LogP contribution in [0.4, 0.5) is 4.79 Å². The summed E-state index contributed by atoms with van der Waals surface area (Å²) in [5.74, 6) is 0. The molecular formula is C30H40N2O4Si. The fourth-order valence-electron chi connectivity index (χ4n) is 4.57. The van der Waals surface area contributed by atoms with Crippen molar-refractivity contribution in [2.24, 2.45) is 0 Å². The third kappa shape index (κ3) is 7.50. The first kappa shape index (κ1) is 28.6. The predicted octanol–water partition coefficient (Wildman–Crippen LogP) is 4.45. The molecule has 0 radical (unpaired) electrons. The average molecular weight is 521 g/mol. The molecule has 3 rings (SSSR count). The first-order valence-corrected chi connectivity index (χ1v) is 14.7. The van der Waals surface area contributed by atoms with Crippen LogP contribution in [0, 0.1) is 0 Å². The Labute approximate surface area is 222 Å². The van der Waals surface area contributed by atoms with Crippen LogP contribution in [0.15, 0.2) is 85.1 Å². The summed E-state index contributed by atoms with van der Waals surface area (Å²) in [6, 6.07) is 25.5. The second-order valence-corrected chi connectivity index (χ2v) is 15.6. The molecule has 0 bridgehead atoms. The van der Waals surface area contributed by atoms with Crippen LogP contribution >= 0.6 is 0 Å². The molecule has 2 aromatic carbocycles. The van der Waals surface area contributed by atoms with Gasteiger partial charge in [-0.1, -0.05) is 87.5 Å². The van der Waals surface area contributed by atoms with Gasteiger partial charge in [0.2, 0.25) is 0 Å². The summed E-state index contributed by atoms with van der Waals surface area (Å²) >= 11 is 0. The number of carbonyl (C=O) groups is 1. The summed E-state index contributed by atoms with van der Waals surface area (Å²) in [6.07, 6.45) is 0.463. The minimum atomic E-state index is -2.85. The topological polar surface area (TPSA) is 80.7 Å². The van der Waals surface area contributed by atoms with Gasteiger partial charge in [-0.25, -0.2) is 4.79 Å². The van der Waals surface area contributed by atoms with Crippen LogP contribution in [0.3, 0.4) is 0 Å². The van der Waals surface area contributed by atoms with Gasteiger partial charge in [0, 0.05) is 18.3 Å². The van der Waals surface area contributed by atoms with E-state index in [0.717, 1.165) is 16.1 Å². The lowest BCUT2D eigenvalue weighted by Gasteiger charge is -2.43. The summed E-state index contributed by atoms with van der Waals surface area (Å²) in [7, 11) is -2.85. The second kappa shape index (κ2) is 12.0. The van der Waals surface area contributed by atoms with Crippen LogP contribution < -0.4 is 15.7 Å². The van der Waals surface area contributed by atoms with E-state index in [1.54, 1.807) is 6.20 Å². The van der Waals surface area contributed by atoms with Gasteiger partial charge in [-0.2, -0.15) is 0 Å². The Morgan fingerprint density at radius 3 is 1.89 bits per heavy atom. The zero-order chi connectivity index (χ0) is 27.1. The van der Waals surface area contributed by atoms with Crippen molar-refractivity contribution in [1.29, 1.82) is 0 Å². The standard InChI is InChI=1S/C30H40N2O4Si/c1-29(2,3)36-28(34)32-26(21-23-15-13-14-20-31-23)27(33)22-35-37(30(4,5)6,24-16-9-7-10-17-24)25-18-11-8-12-19-25/h7-20,26-27,33H,21-22H2,1-6H3,(H,32,34)/t26-,27-/m1/s1. The normalized spacial score (nSPS) is 14.0. The van der Waals surface area contributed by atoms with Crippen molar-refractivity contribution in [3.63, 3.8) is 0 Å². The van der Waals surface area contributed by atoms with Gasteiger partial charge < -0.3 is 19.6 Å². The molecule has 7 heteroatoms. The average Bonchev–Trinajstić information content (AvgIpc) is 2.84. The molecule has 3 aromatic rings. The number of amides is 1. The molecule has 198 valence electrons. The van der Waals surface area contributed by atoms with Gasteiger partial charge >= 0.3 is 6.09 Å². The van der Waals surface area contributed by atoms with Gasteiger partial charge in [-0.3, -0.25) is 4.98 Å². The Balaban J connectivity index is 1.93. The molecule has 1 amide bonds. The first-order chi connectivity index (χ1) is 17.4. The number of aliphatic hydroxyl groups is 1. The van der Waals surface area contributed by atoms with E-state index in [2.05, 4.69) is 55.3 Å². The minimum Gasteiger partial charge on any atom is -0.444 e. The molecule has 0 aliphatic carbocycles. The third-order valence-electron chi connectivity index (χ3n) is 6.21. The number of carbonyl (C=O) groups excluding carboxylic acids is 1. The number of benzene rings is 2. The van der Waals surface area contributed by atoms with E-state index in [9.17, 15) is 9.90 Å². The molecule has 0 fully saturated rings. The van der Waals surface area contributed by atoms with Crippen LogP contribution in [0.2, 0.25) is 5.04 Å². The lowest BCUT2D eigenvalue weighted by atomic mass is 10.1. The van der Waals surface area contributed by atoms with Crippen molar-refractivity contribution < 1.29 is 19.1 Å². The highest BCUT2D eigenvalue weighted by Gasteiger charge is 2.50. The van der Waals surface area contributed by atoms with Crippen molar-refractivity contribution in [1.82, 2.24) is 10.3 Å². The number of nitrogens with zero attached hydrogens (tertiary/aromatic N) is 1. The van der Waals surface area contributed by atoms with E-state index in [1.807, 2.05) is 75.4 Å². The second-order valence-electron chi connectivity index (χ2n) is 11.3. The van der Waals surface area contributed by atoms with Gasteiger partial charge in [0.05, 0.1) is 18.8 Å². The number of nitrogens with one attached hydrogen (secondary N) is 1. The zero-order valence-corrected chi connectivity index (χ0v) is 23.8. The number of hydrogen-bond donors (Lipinski definition) is 2. The maximum absolute atomic E-state index is 12.7. The third-order valence-corrected chi connectivity index (χ3v) is 11.2. The zero-order valence-electron chi connectivity index (χ0n) is 22.8. The molecule has 2 atom stereocenters. The molecule has 37 heavy (non-hydrogen) atoms. The molecule has 0 aliphatic heterocycles. The molecule has 1 heterocycles. The molecule has 1 aromatic heterocycles. The Bertz CT molecular complexity index is 1070. The van der Waals surface area contributed by atoms with Crippen molar-refractivity contribution in [3.05, 3.63) is 90.8 Å². The number of rotatable bonds is 9. The first-order valence-electron chi connectivity index (χ1n) is 12.7. The van der Waals surface area contributed by atoms with E-state index < -0.39 is 32.2 Å². The van der Waals surface area contributed by atoms with E-state index in [4.69, 9.17) is 9.16 Å². The summed E-state index contributed by atoms with van der Waals surface area (Å²) in [5, 5.41) is 16.3. The van der Waals surface area contributed by atoms with E-state index in [0.29, 0.717) is 6.42 Å². The molecule has 2 N–H and O–H groups in total. The van der Waals surface area contributed by atoms with E-state index in [-0.39, 0.29) is 11.6 Å². The van der Waals surface area contributed by atoms with E-state index in [1.165, 1.54) is 0 Å². The Morgan fingerprint density at radius 1 is 0.892 bits per heavy atom. The summed E-state index contributed by atoms with van der Waals surface area (Å²) in [6.45, 7) is 12.0. The highest BCUT2D eigenvalue weighted by Crippen LogP contribution is 2.36. The van der Waals surface area contributed by atoms with Crippen LogP contribution in [-0.4, -0.2) is 48.9 Å². The summed E-state index contributed by atoms with van der Waals surface area (Å²) in [4.78, 5) is 17.1.